The number of nitrogens with zero attached hydrogens (tertiary/aromatic N) is 2. The second-order valence-corrected chi connectivity index (χ2v) is 6.14. The number of rotatable bonds is 2. The van der Waals surface area contributed by atoms with Crippen molar-refractivity contribution in [1.82, 2.24) is 9.78 Å². The number of hydrogen-bond donors (Lipinski definition) is 0. The number of hydrogen-bond acceptors (Lipinski definition) is 1. The van der Waals surface area contributed by atoms with E-state index in [0.29, 0.717) is 0 Å². The third kappa shape index (κ3) is 2.23. The fraction of sp³-hybridized carbons (Fsp3) is 0. The van der Waals surface area contributed by atoms with Gasteiger partial charge in [-0.2, -0.15) is 5.10 Å². The predicted molar refractivity (Wildman–Crippen MR) is 104 cm³/mol. The lowest BCUT2D eigenvalue weighted by atomic mass is 10.00. The van der Waals surface area contributed by atoms with Crippen LogP contribution in [0.4, 0.5) is 0 Å². The Labute approximate surface area is 146 Å². The lowest BCUT2D eigenvalue weighted by Crippen LogP contribution is -1.99. The number of benzene rings is 4. The molecule has 0 amide bonds. The van der Waals surface area contributed by atoms with E-state index < -0.39 is 0 Å². The first kappa shape index (κ1) is 14.0. The van der Waals surface area contributed by atoms with Crippen molar-refractivity contribution < 1.29 is 0 Å². The van der Waals surface area contributed by atoms with Crippen LogP contribution in [0.2, 0.25) is 0 Å². The molecule has 0 saturated carbocycles. The molecule has 118 valence electrons. The van der Waals surface area contributed by atoms with Crippen molar-refractivity contribution in [2.75, 3.05) is 0 Å². The quantitative estimate of drug-likeness (QED) is 0.399. The van der Waals surface area contributed by atoms with Crippen LogP contribution in [0.5, 0.6) is 0 Å². The van der Waals surface area contributed by atoms with Crippen LogP contribution in [0, 0.1) is 0 Å². The van der Waals surface area contributed by atoms with Crippen molar-refractivity contribution >= 4 is 21.7 Å². The molecule has 0 bridgehead atoms. The monoisotopic (exact) mass is 320 g/mol. The Morgan fingerprint density at radius 2 is 1.24 bits per heavy atom. The van der Waals surface area contributed by atoms with Crippen LogP contribution >= 0.6 is 0 Å². The minimum absolute atomic E-state index is 1.01. The van der Waals surface area contributed by atoms with Gasteiger partial charge in [0.2, 0.25) is 0 Å². The second kappa shape index (κ2) is 5.60. The van der Waals surface area contributed by atoms with E-state index in [1.807, 2.05) is 12.1 Å². The lowest BCUT2D eigenvalue weighted by Gasteiger charge is -2.11. The summed E-state index contributed by atoms with van der Waals surface area (Å²) in [5.74, 6) is 0. The van der Waals surface area contributed by atoms with E-state index in [2.05, 4.69) is 89.6 Å². The summed E-state index contributed by atoms with van der Waals surface area (Å²) in [6, 6.07) is 33.6. The van der Waals surface area contributed by atoms with Gasteiger partial charge >= 0.3 is 0 Å². The van der Waals surface area contributed by atoms with Crippen molar-refractivity contribution in [3.63, 3.8) is 0 Å². The van der Waals surface area contributed by atoms with Crippen molar-refractivity contribution in [2.24, 2.45) is 0 Å². The Hall–Kier alpha value is -3.39. The Balaban J connectivity index is 1.92. The molecule has 0 atom stereocenters. The third-order valence-electron chi connectivity index (χ3n) is 4.62. The van der Waals surface area contributed by atoms with Gasteiger partial charge in [0.1, 0.15) is 0 Å². The van der Waals surface area contributed by atoms with Crippen LogP contribution in [-0.4, -0.2) is 9.78 Å². The summed E-state index contributed by atoms with van der Waals surface area (Å²) in [4.78, 5) is 0. The van der Waals surface area contributed by atoms with Crippen LogP contribution in [0.15, 0.2) is 97.1 Å². The van der Waals surface area contributed by atoms with Gasteiger partial charge in [-0.3, -0.25) is 0 Å². The molecule has 5 aromatic rings. The highest BCUT2D eigenvalue weighted by molar-refractivity contribution is 6.04. The van der Waals surface area contributed by atoms with Crippen molar-refractivity contribution in [3.8, 4) is 16.9 Å². The Morgan fingerprint density at radius 1 is 0.560 bits per heavy atom. The molecule has 1 aromatic heterocycles. The van der Waals surface area contributed by atoms with Gasteiger partial charge < -0.3 is 0 Å². The molecule has 0 unspecified atom stereocenters. The lowest BCUT2D eigenvalue weighted by molar-refractivity contribution is 0.905. The van der Waals surface area contributed by atoms with E-state index in [4.69, 9.17) is 5.10 Å². The summed E-state index contributed by atoms with van der Waals surface area (Å²) >= 11 is 0. The van der Waals surface area contributed by atoms with Gasteiger partial charge in [0.15, 0.2) is 0 Å². The molecule has 0 aliphatic heterocycles. The van der Waals surface area contributed by atoms with E-state index in [1.54, 1.807) is 0 Å². The molecule has 5 rings (SSSR count). The molecule has 4 aromatic carbocycles. The van der Waals surface area contributed by atoms with E-state index >= 15 is 0 Å². The second-order valence-electron chi connectivity index (χ2n) is 6.14. The molecule has 0 aliphatic carbocycles. The van der Waals surface area contributed by atoms with Gasteiger partial charge in [0.05, 0.1) is 16.9 Å². The first-order valence-corrected chi connectivity index (χ1v) is 8.43. The fourth-order valence-electron chi connectivity index (χ4n) is 3.48. The maximum Gasteiger partial charge on any atom is 0.0934 e. The molecule has 0 spiro atoms. The highest BCUT2D eigenvalue weighted by Gasteiger charge is 2.16. The molecule has 0 radical (unpaired) electrons. The Kier molecular flexibility index (Phi) is 3.14. The fourth-order valence-corrected chi connectivity index (χ4v) is 3.48. The van der Waals surface area contributed by atoms with E-state index in [9.17, 15) is 0 Å². The minimum Gasteiger partial charge on any atom is -0.232 e. The molecular weight excluding hydrogens is 304 g/mol. The van der Waals surface area contributed by atoms with Crippen LogP contribution in [-0.2, 0) is 0 Å². The molecular formula is C23H16N2. The molecule has 2 heteroatoms. The predicted octanol–water partition coefficient (Wildman–Crippen LogP) is 5.85. The van der Waals surface area contributed by atoms with Crippen LogP contribution in [0.25, 0.3) is 38.6 Å². The van der Waals surface area contributed by atoms with Gasteiger partial charge in [0, 0.05) is 10.9 Å². The summed E-state index contributed by atoms with van der Waals surface area (Å²) < 4.78 is 2.06. The highest BCUT2D eigenvalue weighted by Crippen LogP contribution is 2.35. The Bertz CT molecular complexity index is 1180. The highest BCUT2D eigenvalue weighted by atomic mass is 15.3. The maximum absolute atomic E-state index is 4.88. The van der Waals surface area contributed by atoms with Crippen LogP contribution < -0.4 is 0 Å². The van der Waals surface area contributed by atoms with Crippen molar-refractivity contribution in [2.45, 2.75) is 0 Å². The molecule has 25 heavy (non-hydrogen) atoms. The molecule has 2 nitrogen and oxygen atoms in total. The van der Waals surface area contributed by atoms with Crippen LogP contribution in [0.1, 0.15) is 0 Å². The standard InChI is InChI=1S/C23H16N2/c1-2-11-18(12-3-1)25-23(21-14-6-7-16-22(21)24-25)20-15-8-10-17-9-4-5-13-19(17)20/h1-16H. The van der Waals surface area contributed by atoms with E-state index in [0.717, 1.165) is 16.9 Å². The summed E-state index contributed by atoms with van der Waals surface area (Å²) in [7, 11) is 0. The van der Waals surface area contributed by atoms with Gasteiger partial charge in [-0.1, -0.05) is 78.9 Å². The molecule has 0 fully saturated rings. The molecule has 1 heterocycles. The summed E-state index contributed by atoms with van der Waals surface area (Å²) in [6.07, 6.45) is 0. The van der Waals surface area contributed by atoms with Gasteiger partial charge in [-0.25, -0.2) is 4.68 Å². The smallest absolute Gasteiger partial charge is 0.0934 e. The van der Waals surface area contributed by atoms with Gasteiger partial charge in [-0.15, -0.1) is 0 Å². The summed E-state index contributed by atoms with van der Waals surface area (Å²) in [5, 5.41) is 8.54. The van der Waals surface area contributed by atoms with Crippen molar-refractivity contribution in [3.05, 3.63) is 97.1 Å². The SMILES string of the molecule is c1ccc(-n2nc3ccccc3c2-c2cccc3ccccc23)cc1. The zero-order valence-corrected chi connectivity index (χ0v) is 13.6. The normalized spacial score (nSPS) is 11.2. The van der Waals surface area contributed by atoms with E-state index in [-0.39, 0.29) is 0 Å². The minimum atomic E-state index is 1.01. The molecule has 0 saturated heterocycles. The zero-order valence-electron chi connectivity index (χ0n) is 13.6. The summed E-state index contributed by atoms with van der Waals surface area (Å²) in [6.45, 7) is 0. The number of aromatic nitrogens is 2. The maximum atomic E-state index is 4.88. The zero-order chi connectivity index (χ0) is 16.6. The van der Waals surface area contributed by atoms with Crippen molar-refractivity contribution in [1.29, 1.82) is 0 Å². The molecule has 0 N–H and O–H groups in total. The first-order chi connectivity index (χ1) is 12.4. The van der Waals surface area contributed by atoms with Gasteiger partial charge in [-0.05, 0) is 29.0 Å². The average Bonchev–Trinajstić information content (AvgIpc) is 3.08. The number of para-hydroxylation sites is 1. The van der Waals surface area contributed by atoms with Gasteiger partial charge in [0.25, 0.3) is 0 Å². The Morgan fingerprint density at radius 3 is 2.12 bits per heavy atom. The molecule has 0 aliphatic rings. The van der Waals surface area contributed by atoms with Crippen LogP contribution in [0.3, 0.4) is 0 Å². The third-order valence-corrected chi connectivity index (χ3v) is 4.62. The topological polar surface area (TPSA) is 17.8 Å². The average molecular weight is 320 g/mol. The largest absolute Gasteiger partial charge is 0.232 e. The number of fused-ring (bicyclic) bond motifs is 2. The summed E-state index contributed by atoms with van der Waals surface area (Å²) in [5.41, 5.74) is 4.42. The van der Waals surface area contributed by atoms with E-state index in [1.165, 1.54) is 21.7 Å². The first-order valence-electron chi connectivity index (χ1n) is 8.43.